The maximum absolute atomic E-state index is 13.9. The highest BCUT2D eigenvalue weighted by atomic mass is 127. The highest BCUT2D eigenvalue weighted by Gasteiger charge is 2.71. The van der Waals surface area contributed by atoms with Gasteiger partial charge in [-0.05, 0) is 50.7 Å². The molecule has 3 saturated carbocycles. The number of alkyl halides is 1. The Morgan fingerprint density at radius 2 is 1.82 bits per heavy atom. The van der Waals surface area contributed by atoms with Crippen molar-refractivity contribution in [2.24, 2.45) is 0 Å². The van der Waals surface area contributed by atoms with E-state index in [1.54, 1.807) is 0 Å². The van der Waals surface area contributed by atoms with Crippen molar-refractivity contribution in [2.45, 2.75) is 43.7 Å². The number of nitrogens with zero attached hydrogens (tertiary/aromatic N) is 2. The van der Waals surface area contributed by atoms with E-state index in [-0.39, 0.29) is 5.54 Å². The molecule has 2 aromatic rings. The average molecular weight is 524 g/mol. The first-order valence-electron chi connectivity index (χ1n) is 7.25. The van der Waals surface area contributed by atoms with Crippen LogP contribution in [-0.4, -0.2) is 15.2 Å². The lowest BCUT2D eigenvalue weighted by Gasteiger charge is -2.66. The third-order valence-corrected chi connectivity index (χ3v) is 7.38. The van der Waals surface area contributed by atoms with Crippen molar-refractivity contribution < 1.29 is 9.13 Å². The molecule has 1 aromatic carbocycles. The normalized spacial score (nSPS) is 29.0. The van der Waals surface area contributed by atoms with Crippen molar-refractivity contribution >= 4 is 45.2 Å². The zero-order valence-electron chi connectivity index (χ0n) is 11.9. The summed E-state index contributed by atoms with van der Waals surface area (Å²) in [5.74, 6) is 0.923. The molecule has 5 rings (SSSR count). The molecular weight excluding hydrogens is 509 g/mol. The number of halogens is 3. The van der Waals surface area contributed by atoms with Crippen LogP contribution in [0.5, 0.6) is 0 Å². The summed E-state index contributed by atoms with van der Waals surface area (Å²) in [4.78, 5) is 4.63. The number of hydrogen-bond donors (Lipinski definition) is 0. The lowest BCUT2D eigenvalue weighted by atomic mass is 9.47. The summed E-state index contributed by atoms with van der Waals surface area (Å²) in [5, 5.41) is 0. The van der Waals surface area contributed by atoms with Crippen LogP contribution in [0, 0.1) is 7.40 Å². The molecule has 0 unspecified atom stereocenters. The van der Waals surface area contributed by atoms with Gasteiger partial charge in [-0.25, -0.2) is 9.37 Å². The van der Waals surface area contributed by atoms with E-state index in [1.807, 2.05) is 30.3 Å². The van der Waals surface area contributed by atoms with E-state index in [2.05, 4.69) is 54.7 Å². The van der Waals surface area contributed by atoms with Crippen LogP contribution in [0.15, 0.2) is 30.3 Å². The molecule has 1 heterocycles. The zero-order chi connectivity index (χ0) is 15.4. The van der Waals surface area contributed by atoms with Crippen molar-refractivity contribution in [1.82, 2.24) is 9.55 Å². The fourth-order valence-corrected chi connectivity index (χ4v) is 5.11. The quantitative estimate of drug-likeness (QED) is 0.543. The molecule has 2 bridgehead atoms. The van der Waals surface area contributed by atoms with Gasteiger partial charge in [0.25, 0.3) is 0 Å². The van der Waals surface area contributed by atoms with Gasteiger partial charge >= 0.3 is 0 Å². The van der Waals surface area contributed by atoms with Gasteiger partial charge in [0.2, 0.25) is 0 Å². The first-order valence-corrected chi connectivity index (χ1v) is 9.41. The van der Waals surface area contributed by atoms with Gasteiger partial charge in [-0.15, -0.1) is 0 Å². The second-order valence-corrected chi connectivity index (χ2v) is 8.37. The molecule has 6 heteroatoms. The molecule has 3 aliphatic rings. The second-order valence-electron chi connectivity index (χ2n) is 6.33. The first-order chi connectivity index (χ1) is 10.5. The van der Waals surface area contributed by atoms with Crippen LogP contribution in [-0.2, 0) is 23.5 Å². The fraction of sp³-hybridized carbons (Fsp3) is 0.438. The van der Waals surface area contributed by atoms with E-state index in [4.69, 9.17) is 4.74 Å². The Balaban J connectivity index is 1.49. The van der Waals surface area contributed by atoms with Crippen molar-refractivity contribution in [3.8, 4) is 0 Å². The molecule has 22 heavy (non-hydrogen) atoms. The molecule has 116 valence electrons. The molecule has 0 saturated heterocycles. The van der Waals surface area contributed by atoms with Crippen LogP contribution in [0.2, 0.25) is 0 Å². The Morgan fingerprint density at radius 3 is 2.45 bits per heavy atom. The first kappa shape index (κ1) is 15.3. The summed E-state index contributed by atoms with van der Waals surface area (Å²) >= 11 is 4.56. The summed E-state index contributed by atoms with van der Waals surface area (Å²) in [6.45, 7) is 1.04. The molecule has 0 aliphatic heterocycles. The fourth-order valence-electron chi connectivity index (χ4n) is 3.68. The predicted octanol–water partition coefficient (Wildman–Crippen LogP) is 4.41. The van der Waals surface area contributed by atoms with Crippen LogP contribution in [0.4, 0.5) is 4.39 Å². The van der Waals surface area contributed by atoms with Crippen molar-refractivity contribution in [3.63, 3.8) is 0 Å². The van der Waals surface area contributed by atoms with Gasteiger partial charge in [-0.1, -0.05) is 30.3 Å². The SMILES string of the molecule is FC12CC(n3c(COCc4ccccc4)nc(I)c3I)(C1)C2. The molecule has 1 aromatic heterocycles. The van der Waals surface area contributed by atoms with Gasteiger partial charge < -0.3 is 9.30 Å². The van der Waals surface area contributed by atoms with Crippen LogP contribution in [0.25, 0.3) is 0 Å². The summed E-state index contributed by atoms with van der Waals surface area (Å²) in [6.07, 6.45) is 1.90. The number of imidazole rings is 1. The number of rotatable bonds is 5. The van der Waals surface area contributed by atoms with Crippen molar-refractivity contribution in [1.29, 1.82) is 0 Å². The van der Waals surface area contributed by atoms with Crippen LogP contribution in [0.3, 0.4) is 0 Å². The minimum atomic E-state index is -0.902. The van der Waals surface area contributed by atoms with E-state index in [9.17, 15) is 4.39 Å². The Kier molecular flexibility index (Phi) is 3.76. The topological polar surface area (TPSA) is 27.1 Å². The van der Waals surface area contributed by atoms with Gasteiger partial charge in [0.05, 0.1) is 12.1 Å². The summed E-state index contributed by atoms with van der Waals surface area (Å²) in [6, 6.07) is 10.1. The second kappa shape index (κ2) is 5.41. The smallest absolute Gasteiger partial charge is 0.137 e. The summed E-state index contributed by atoms with van der Waals surface area (Å²) in [7, 11) is 0. The van der Waals surface area contributed by atoms with Gasteiger partial charge in [0, 0.05) is 19.3 Å². The monoisotopic (exact) mass is 524 g/mol. The van der Waals surface area contributed by atoms with Gasteiger partial charge in [-0.3, -0.25) is 0 Å². The number of aromatic nitrogens is 2. The maximum Gasteiger partial charge on any atom is 0.137 e. The van der Waals surface area contributed by atoms with Gasteiger partial charge in [0.1, 0.15) is 25.5 Å². The van der Waals surface area contributed by atoms with Gasteiger partial charge in [-0.2, -0.15) is 0 Å². The molecule has 0 atom stereocenters. The molecule has 0 N–H and O–H groups in total. The van der Waals surface area contributed by atoms with E-state index < -0.39 is 5.67 Å². The average Bonchev–Trinajstić information content (AvgIpc) is 2.71. The minimum Gasteiger partial charge on any atom is -0.369 e. The third kappa shape index (κ3) is 2.41. The molecule has 0 amide bonds. The van der Waals surface area contributed by atoms with Crippen LogP contribution in [0.1, 0.15) is 30.7 Å². The number of hydrogen-bond acceptors (Lipinski definition) is 2. The largest absolute Gasteiger partial charge is 0.369 e. The van der Waals surface area contributed by atoms with E-state index in [1.165, 1.54) is 0 Å². The highest BCUT2D eigenvalue weighted by molar-refractivity contribution is 14.1. The lowest BCUT2D eigenvalue weighted by molar-refractivity contribution is -0.201. The van der Waals surface area contributed by atoms with Crippen LogP contribution < -0.4 is 0 Å². The Labute approximate surface area is 155 Å². The van der Waals surface area contributed by atoms with Gasteiger partial charge in [0.15, 0.2) is 0 Å². The molecule has 0 spiro atoms. The summed E-state index contributed by atoms with van der Waals surface area (Å²) < 4.78 is 24.0. The molecule has 3 fully saturated rings. The van der Waals surface area contributed by atoms with E-state index in [0.29, 0.717) is 32.5 Å². The highest BCUT2D eigenvalue weighted by Crippen LogP contribution is 2.68. The van der Waals surface area contributed by atoms with E-state index >= 15 is 0 Å². The Morgan fingerprint density at radius 1 is 1.14 bits per heavy atom. The van der Waals surface area contributed by atoms with E-state index in [0.717, 1.165) is 18.8 Å². The minimum absolute atomic E-state index is 0.0346. The maximum atomic E-state index is 13.9. The Hall–Kier alpha value is -0.220. The zero-order valence-corrected chi connectivity index (χ0v) is 16.2. The Bertz CT molecular complexity index is 697. The third-order valence-electron chi connectivity index (χ3n) is 4.61. The molecule has 3 aliphatic carbocycles. The number of ether oxygens (including phenoxy) is 1. The molecular formula is C16H15FI2N2O. The number of benzene rings is 1. The van der Waals surface area contributed by atoms with Crippen molar-refractivity contribution in [3.05, 3.63) is 49.1 Å². The van der Waals surface area contributed by atoms with Crippen molar-refractivity contribution in [2.75, 3.05) is 0 Å². The lowest BCUT2D eigenvalue weighted by Crippen LogP contribution is -2.70. The standard InChI is InChI=1S/C16H15FI2N2O/c17-15-8-16(9-15,10-15)21-12(20-13(18)14(21)19)7-22-6-11-4-2-1-3-5-11/h1-5H,6-10H2. The summed E-state index contributed by atoms with van der Waals surface area (Å²) in [5.41, 5.74) is 0.215. The van der Waals surface area contributed by atoms with Crippen LogP contribution >= 0.6 is 45.2 Å². The molecule has 3 nitrogen and oxygen atoms in total. The predicted molar refractivity (Wildman–Crippen MR) is 98.3 cm³/mol. The molecule has 0 radical (unpaired) electrons.